The molecule has 0 fully saturated rings. The Morgan fingerprint density at radius 1 is 0.388 bits per heavy atom. The summed E-state index contributed by atoms with van der Waals surface area (Å²) in [5.74, 6) is 0. The minimum atomic E-state index is -3.22. The first-order valence-electron chi connectivity index (χ1n) is 33.1. The fourth-order valence-electron chi connectivity index (χ4n) is 9.30. The third-order valence-electron chi connectivity index (χ3n) is 12.2. The van der Waals surface area contributed by atoms with E-state index in [2.05, 4.69) is 0 Å². The van der Waals surface area contributed by atoms with Crippen molar-refractivity contribution < 1.29 is 37.3 Å². The third kappa shape index (κ3) is 6.18. The number of hydrogen-bond acceptors (Lipinski definition) is 2. The van der Waals surface area contributed by atoms with Crippen LogP contribution in [0.15, 0.2) is 265 Å². The van der Waals surface area contributed by atoms with Crippen LogP contribution in [-0.4, -0.2) is 0 Å². The van der Waals surface area contributed by atoms with E-state index in [0.29, 0.717) is 11.1 Å². The molecule has 1 aliphatic carbocycles. The summed E-state index contributed by atoms with van der Waals surface area (Å²) in [6, 6.07) is 12.6. The molecule has 1 heterocycles. The van der Waals surface area contributed by atoms with Crippen molar-refractivity contribution in [1.82, 2.24) is 0 Å². The summed E-state index contributed by atoms with van der Waals surface area (Å²) in [5.41, 5.74) is -5.98. The normalized spacial score (nSPS) is 17.6. The van der Waals surface area contributed by atoms with E-state index in [1.807, 2.05) is 91.0 Å². The summed E-state index contributed by atoms with van der Waals surface area (Å²) in [7, 11) is 0. The lowest BCUT2D eigenvalue weighted by Crippen LogP contribution is -2.28. The molecule has 67 heavy (non-hydrogen) atoms. The maximum absolute atomic E-state index is 10.9. The minimum absolute atomic E-state index is 0.123. The Kier molecular flexibility index (Phi) is 5.06. The number of para-hydroxylation sites is 2. The van der Waals surface area contributed by atoms with Gasteiger partial charge in [0.2, 0.25) is 0 Å². The van der Waals surface area contributed by atoms with Crippen molar-refractivity contribution in [3.8, 4) is 44.5 Å². The largest absolute Gasteiger partial charge is 0.454 e. The van der Waals surface area contributed by atoms with Crippen molar-refractivity contribution in [3.05, 3.63) is 283 Å². The van der Waals surface area contributed by atoms with Crippen LogP contribution in [0.3, 0.4) is 0 Å². The highest BCUT2D eigenvalue weighted by Crippen LogP contribution is 2.57. The molecule has 11 aromatic carbocycles. The van der Waals surface area contributed by atoms with Crippen molar-refractivity contribution in [1.29, 1.82) is 0 Å². The van der Waals surface area contributed by atoms with E-state index in [-0.39, 0.29) is 11.1 Å². The van der Waals surface area contributed by atoms with Gasteiger partial charge in [-0.3, -0.25) is 0 Å². The van der Waals surface area contributed by atoms with E-state index < -0.39 is 212 Å². The van der Waals surface area contributed by atoms with Crippen molar-refractivity contribution in [2.45, 2.75) is 5.41 Å². The van der Waals surface area contributed by atoms with Crippen molar-refractivity contribution in [2.75, 3.05) is 4.90 Å². The van der Waals surface area contributed by atoms with Crippen LogP contribution in [0.5, 0.6) is 0 Å². The molecule has 0 bridgehead atoms. The van der Waals surface area contributed by atoms with Gasteiger partial charge in [-0.15, -0.1) is 0 Å². The Balaban J connectivity index is 1.20. The quantitative estimate of drug-likeness (QED) is 0.151. The molecule has 0 N–H and O–H groups in total. The van der Waals surface area contributed by atoms with Gasteiger partial charge < -0.3 is 9.32 Å². The number of anilines is 3. The van der Waals surface area contributed by atoms with Crippen LogP contribution in [0, 0.1) is 0 Å². The van der Waals surface area contributed by atoms with Gasteiger partial charge in [-0.1, -0.05) is 224 Å². The summed E-state index contributed by atoms with van der Waals surface area (Å²) in [6.45, 7) is 0. The van der Waals surface area contributed by atoms with Crippen LogP contribution in [0.1, 0.15) is 55.2 Å². The van der Waals surface area contributed by atoms with Gasteiger partial charge in [0.1, 0.15) is 5.58 Å². The molecule has 0 saturated carbocycles. The van der Waals surface area contributed by atoms with Crippen LogP contribution < -0.4 is 4.90 Å². The highest BCUT2D eigenvalue weighted by atomic mass is 16.3. The molecule has 12 aromatic rings. The first-order valence-corrected chi connectivity index (χ1v) is 21.1. The van der Waals surface area contributed by atoms with Crippen LogP contribution >= 0.6 is 0 Å². The van der Waals surface area contributed by atoms with Crippen LogP contribution in [0.25, 0.3) is 77.2 Å². The van der Waals surface area contributed by atoms with Gasteiger partial charge in [-0.05, 0) is 114 Å². The number of furan rings is 1. The zero-order valence-electron chi connectivity index (χ0n) is 58.8. The summed E-state index contributed by atoms with van der Waals surface area (Å²) in [6.07, 6.45) is 0. The summed E-state index contributed by atoms with van der Waals surface area (Å²) in [5, 5.41) is 0.976. The van der Waals surface area contributed by atoms with Crippen LogP contribution in [0.4, 0.5) is 17.1 Å². The predicted octanol–water partition coefficient (Wildman–Crippen LogP) is 17.6. The zero-order valence-corrected chi connectivity index (χ0v) is 34.8. The number of hydrogen-bond donors (Lipinski definition) is 0. The van der Waals surface area contributed by atoms with Gasteiger partial charge in [0.25, 0.3) is 0 Å². The standard InChI is InChI=1S/C65H43NO/c1-4-17-44(18-5-1)45-31-33-48(34-32-45)63-53-24-11-10-19-46(53)37-41-54(63)47-35-38-51(39-36-47)66(61-29-16-27-58-57-26-13-15-30-62(57)67-64(58)61)52-40-42-56-55-25-12-14-28-59(55)65(60(56)43-52,49-20-6-2-7-21-49)50-22-8-3-9-23-50/h1-43H/i2D,3D,6D,7D,8D,9D,12D,13D,14D,15D,16D,20D,21D,22D,23D,25D,26D,27D,28D,29D,30D,40D,42D,43D. The average molecular weight is 878 g/mol. The van der Waals surface area contributed by atoms with Gasteiger partial charge in [0.15, 0.2) is 5.58 Å². The van der Waals surface area contributed by atoms with Crippen molar-refractivity contribution >= 4 is 49.8 Å². The molecule has 1 aromatic heterocycles. The Labute approximate surface area is 424 Å². The van der Waals surface area contributed by atoms with E-state index in [1.165, 1.54) is 12.1 Å². The highest BCUT2D eigenvalue weighted by Gasteiger charge is 2.46. The number of rotatable bonds is 8. The van der Waals surface area contributed by atoms with Crippen LogP contribution in [-0.2, 0) is 5.41 Å². The zero-order chi connectivity index (χ0) is 65.2. The Bertz CT molecular complexity index is 5100. The summed E-state index contributed by atoms with van der Waals surface area (Å²) in [4.78, 5) is 1.00. The Hall–Kier alpha value is -8.72. The smallest absolute Gasteiger partial charge is 0.159 e. The summed E-state index contributed by atoms with van der Waals surface area (Å²) >= 11 is 0. The fourth-order valence-corrected chi connectivity index (χ4v) is 9.30. The molecule has 0 amide bonds. The third-order valence-corrected chi connectivity index (χ3v) is 12.2. The molecule has 2 nitrogen and oxygen atoms in total. The van der Waals surface area contributed by atoms with Crippen LogP contribution in [0.2, 0.25) is 0 Å². The number of fused-ring (bicyclic) bond motifs is 7. The molecule has 0 aliphatic heterocycles. The molecule has 2 heteroatoms. The average Bonchev–Trinajstić information content (AvgIpc) is 1.53. The van der Waals surface area contributed by atoms with Gasteiger partial charge in [-0.25, -0.2) is 0 Å². The van der Waals surface area contributed by atoms with Crippen molar-refractivity contribution in [3.63, 3.8) is 0 Å². The van der Waals surface area contributed by atoms with E-state index in [9.17, 15) is 16.4 Å². The van der Waals surface area contributed by atoms with E-state index in [1.54, 1.807) is 12.1 Å². The first kappa shape index (κ1) is 21.5. The maximum Gasteiger partial charge on any atom is 0.159 e. The molecule has 0 spiro atoms. The van der Waals surface area contributed by atoms with Gasteiger partial charge >= 0.3 is 0 Å². The lowest BCUT2D eigenvalue weighted by Gasteiger charge is -2.35. The first-order chi connectivity index (χ1) is 43.2. The Morgan fingerprint density at radius 3 is 1.81 bits per heavy atom. The minimum Gasteiger partial charge on any atom is -0.454 e. The second-order valence-electron chi connectivity index (χ2n) is 15.7. The topological polar surface area (TPSA) is 16.4 Å². The lowest BCUT2D eigenvalue weighted by molar-refractivity contribution is 0.669. The fraction of sp³-hybridized carbons (Fsp3) is 0.0154. The molecule has 0 saturated heterocycles. The molecule has 0 atom stereocenters. The van der Waals surface area contributed by atoms with E-state index >= 15 is 0 Å². The molecular formula is C65H43NO. The molecule has 13 rings (SSSR count). The Morgan fingerprint density at radius 2 is 1.01 bits per heavy atom. The second kappa shape index (κ2) is 15.8. The monoisotopic (exact) mass is 877 g/mol. The lowest BCUT2D eigenvalue weighted by atomic mass is 9.67. The second-order valence-corrected chi connectivity index (χ2v) is 15.7. The van der Waals surface area contributed by atoms with Gasteiger partial charge in [0, 0.05) is 22.1 Å². The molecule has 0 radical (unpaired) electrons. The number of benzene rings is 11. The number of nitrogens with zero attached hydrogens (tertiary/aromatic N) is 1. The predicted molar refractivity (Wildman–Crippen MR) is 280 cm³/mol. The molecule has 314 valence electrons. The molecule has 1 aliphatic rings. The van der Waals surface area contributed by atoms with E-state index in [4.69, 9.17) is 20.9 Å². The van der Waals surface area contributed by atoms with Gasteiger partial charge in [-0.2, -0.15) is 0 Å². The molecule has 0 unspecified atom stereocenters. The maximum atomic E-state index is 10.9. The SMILES string of the molecule is [2H]c1c([2H])c([2H])c(C2(c3c([2H])c([2H])c([2H])c([2H])c3[2H])c3c([2H])c([2H])c([2H])c([2H])c3-c3c([2H])c([2H])c(N(c4ccc(-c5ccc6ccccc6c5-c5ccc(-c6ccccc6)cc5)cc4)c4c([2H])c([2H])c([2H])c5c4oc4c([2H])c([2H])c([2H])c([2H])c45)c([2H])c32)c([2H])c1[2H]. The van der Waals surface area contributed by atoms with Crippen molar-refractivity contribution in [2.24, 2.45) is 0 Å². The summed E-state index contributed by atoms with van der Waals surface area (Å²) < 4.78 is 231. The molecular weight excluding hydrogens is 811 g/mol. The van der Waals surface area contributed by atoms with E-state index in [0.717, 1.165) is 37.9 Å². The highest BCUT2D eigenvalue weighted by molar-refractivity contribution is 6.10. The van der Waals surface area contributed by atoms with Gasteiger partial charge in [0.05, 0.1) is 44.0 Å².